The van der Waals surface area contributed by atoms with Gasteiger partial charge in [-0.05, 0) is 43.9 Å². The zero-order valence-corrected chi connectivity index (χ0v) is 15.2. The molecule has 1 aliphatic carbocycles. The van der Waals surface area contributed by atoms with E-state index in [4.69, 9.17) is 0 Å². The number of nitrogens with zero attached hydrogens (tertiary/aromatic N) is 2. The second kappa shape index (κ2) is 8.02. The van der Waals surface area contributed by atoms with E-state index in [0.29, 0.717) is 12.6 Å². The van der Waals surface area contributed by atoms with Crippen molar-refractivity contribution in [2.24, 2.45) is 0 Å². The zero-order chi connectivity index (χ0) is 16.9. The minimum absolute atomic E-state index is 0.210. The smallest absolute Gasteiger partial charge is 0.234 e. The Kier molecular flexibility index (Phi) is 5.77. The zero-order valence-electron chi connectivity index (χ0n) is 15.2. The lowest BCUT2D eigenvalue weighted by molar-refractivity contribution is -0.123. The minimum atomic E-state index is 0.210. The van der Waals surface area contributed by atoms with E-state index in [1.807, 2.05) is 0 Å². The van der Waals surface area contributed by atoms with Crippen LogP contribution in [0.5, 0.6) is 0 Å². The van der Waals surface area contributed by atoms with Crippen molar-refractivity contribution in [3.05, 3.63) is 29.3 Å². The molecule has 0 bridgehead atoms. The van der Waals surface area contributed by atoms with E-state index in [0.717, 1.165) is 39.0 Å². The van der Waals surface area contributed by atoms with Crippen LogP contribution < -0.4 is 10.2 Å². The van der Waals surface area contributed by atoms with Gasteiger partial charge in [0.25, 0.3) is 0 Å². The maximum atomic E-state index is 12.3. The third-order valence-electron chi connectivity index (χ3n) is 5.63. The third-order valence-corrected chi connectivity index (χ3v) is 5.63. The highest BCUT2D eigenvalue weighted by Crippen LogP contribution is 2.23. The first-order chi connectivity index (χ1) is 11.6. The highest BCUT2D eigenvalue weighted by Gasteiger charge is 2.22. The number of anilines is 1. The number of aryl methyl sites for hydroxylation is 1. The summed E-state index contributed by atoms with van der Waals surface area (Å²) in [6, 6.07) is 6.95. The standard InChI is InChI=1S/C20H31N3O/c1-16-7-6-10-19(17(16)2)23-13-11-22(12-14-23)15-20(24)21-18-8-4-3-5-9-18/h6-7,10,18H,3-5,8-9,11-15H2,1-2H3,(H,21,24). The molecule has 1 saturated carbocycles. The average molecular weight is 329 g/mol. The first-order valence-corrected chi connectivity index (χ1v) is 9.46. The minimum Gasteiger partial charge on any atom is -0.369 e. The van der Waals surface area contributed by atoms with Gasteiger partial charge in [-0.25, -0.2) is 0 Å². The van der Waals surface area contributed by atoms with Gasteiger partial charge in [0.05, 0.1) is 6.54 Å². The molecule has 0 spiro atoms. The van der Waals surface area contributed by atoms with Crippen molar-refractivity contribution in [3.63, 3.8) is 0 Å². The molecule has 0 aromatic heterocycles. The molecule has 1 aliphatic heterocycles. The fraction of sp³-hybridized carbons (Fsp3) is 0.650. The fourth-order valence-electron chi connectivity index (χ4n) is 3.95. The van der Waals surface area contributed by atoms with Crippen LogP contribution in [0.1, 0.15) is 43.2 Å². The Morgan fingerprint density at radius 1 is 1.08 bits per heavy atom. The van der Waals surface area contributed by atoms with Gasteiger partial charge < -0.3 is 10.2 Å². The van der Waals surface area contributed by atoms with Gasteiger partial charge >= 0.3 is 0 Å². The molecule has 1 aromatic carbocycles. The Morgan fingerprint density at radius 3 is 2.50 bits per heavy atom. The summed E-state index contributed by atoms with van der Waals surface area (Å²) >= 11 is 0. The van der Waals surface area contributed by atoms with E-state index < -0.39 is 0 Å². The molecule has 1 N–H and O–H groups in total. The van der Waals surface area contributed by atoms with Crippen LogP contribution in [0.15, 0.2) is 18.2 Å². The second-order valence-corrected chi connectivity index (χ2v) is 7.38. The number of carbonyl (C=O) groups excluding carboxylic acids is 1. The summed E-state index contributed by atoms with van der Waals surface area (Å²) in [5.41, 5.74) is 4.07. The van der Waals surface area contributed by atoms with Crippen LogP contribution in [0.3, 0.4) is 0 Å². The highest BCUT2D eigenvalue weighted by molar-refractivity contribution is 5.78. The summed E-state index contributed by atoms with van der Waals surface area (Å²) in [6.07, 6.45) is 6.17. The molecule has 1 saturated heterocycles. The molecule has 2 fully saturated rings. The summed E-state index contributed by atoms with van der Waals surface area (Å²) in [6.45, 7) is 8.86. The molecule has 2 aliphatic rings. The largest absolute Gasteiger partial charge is 0.369 e. The fourth-order valence-corrected chi connectivity index (χ4v) is 3.95. The molecule has 24 heavy (non-hydrogen) atoms. The predicted octanol–water partition coefficient (Wildman–Crippen LogP) is 2.87. The predicted molar refractivity (Wildman–Crippen MR) is 99.6 cm³/mol. The van der Waals surface area contributed by atoms with E-state index in [2.05, 4.69) is 47.2 Å². The van der Waals surface area contributed by atoms with Crippen LogP contribution in [-0.4, -0.2) is 49.6 Å². The monoisotopic (exact) mass is 329 g/mol. The summed E-state index contributed by atoms with van der Waals surface area (Å²) in [4.78, 5) is 17.0. The molecule has 1 amide bonds. The van der Waals surface area contributed by atoms with Crippen LogP contribution in [0.4, 0.5) is 5.69 Å². The number of hydrogen-bond donors (Lipinski definition) is 1. The maximum absolute atomic E-state index is 12.3. The van der Waals surface area contributed by atoms with Crippen LogP contribution in [0, 0.1) is 13.8 Å². The average Bonchev–Trinajstić information content (AvgIpc) is 2.59. The Bertz CT molecular complexity index is 558. The van der Waals surface area contributed by atoms with E-state index in [1.54, 1.807) is 0 Å². The highest BCUT2D eigenvalue weighted by atomic mass is 16.2. The van der Waals surface area contributed by atoms with Gasteiger partial charge in [-0.3, -0.25) is 9.69 Å². The quantitative estimate of drug-likeness (QED) is 0.922. The molecule has 4 heteroatoms. The first kappa shape index (κ1) is 17.3. The van der Waals surface area contributed by atoms with Gasteiger partial charge in [-0.1, -0.05) is 31.4 Å². The first-order valence-electron chi connectivity index (χ1n) is 9.46. The van der Waals surface area contributed by atoms with Crippen LogP contribution in [-0.2, 0) is 4.79 Å². The van der Waals surface area contributed by atoms with Gasteiger partial charge in [0.15, 0.2) is 0 Å². The number of rotatable bonds is 4. The van der Waals surface area contributed by atoms with E-state index in [1.165, 1.54) is 36.1 Å². The van der Waals surface area contributed by atoms with E-state index >= 15 is 0 Å². The molecule has 1 aromatic rings. The van der Waals surface area contributed by atoms with E-state index in [-0.39, 0.29) is 5.91 Å². The lowest BCUT2D eigenvalue weighted by atomic mass is 9.95. The van der Waals surface area contributed by atoms with Gasteiger partial charge in [0.2, 0.25) is 5.91 Å². The van der Waals surface area contributed by atoms with Gasteiger partial charge in [-0.2, -0.15) is 0 Å². The number of benzene rings is 1. The van der Waals surface area contributed by atoms with Crippen molar-refractivity contribution in [1.29, 1.82) is 0 Å². The normalized spacial score (nSPS) is 20.2. The summed E-state index contributed by atoms with van der Waals surface area (Å²) in [5, 5.41) is 3.23. The van der Waals surface area contributed by atoms with Crippen molar-refractivity contribution in [2.45, 2.75) is 52.0 Å². The van der Waals surface area contributed by atoms with Crippen molar-refractivity contribution >= 4 is 11.6 Å². The lowest BCUT2D eigenvalue weighted by Gasteiger charge is -2.37. The Morgan fingerprint density at radius 2 is 1.79 bits per heavy atom. The molecule has 0 atom stereocenters. The topological polar surface area (TPSA) is 35.6 Å². The number of hydrogen-bond acceptors (Lipinski definition) is 3. The van der Waals surface area contributed by atoms with E-state index in [9.17, 15) is 4.79 Å². The molecular formula is C20H31N3O. The maximum Gasteiger partial charge on any atom is 0.234 e. The number of amides is 1. The Labute approximate surface area is 146 Å². The van der Waals surface area contributed by atoms with Gasteiger partial charge in [-0.15, -0.1) is 0 Å². The van der Waals surface area contributed by atoms with Gasteiger partial charge in [0.1, 0.15) is 0 Å². The molecule has 0 radical (unpaired) electrons. The summed E-state index contributed by atoms with van der Waals surface area (Å²) in [7, 11) is 0. The van der Waals surface area contributed by atoms with Crippen LogP contribution in [0.25, 0.3) is 0 Å². The Hall–Kier alpha value is -1.55. The number of nitrogens with one attached hydrogen (secondary N) is 1. The van der Waals surface area contributed by atoms with Crippen molar-refractivity contribution in [2.75, 3.05) is 37.6 Å². The number of piperazine rings is 1. The Balaban J connectivity index is 1.46. The molecular weight excluding hydrogens is 298 g/mol. The molecule has 132 valence electrons. The van der Waals surface area contributed by atoms with Crippen molar-refractivity contribution in [1.82, 2.24) is 10.2 Å². The molecule has 0 unspecified atom stereocenters. The third kappa shape index (κ3) is 4.29. The summed E-state index contributed by atoms with van der Waals surface area (Å²) in [5.74, 6) is 0.210. The van der Waals surface area contributed by atoms with Crippen LogP contribution >= 0.6 is 0 Å². The van der Waals surface area contributed by atoms with Gasteiger partial charge in [0, 0.05) is 37.9 Å². The number of carbonyl (C=O) groups is 1. The van der Waals surface area contributed by atoms with Crippen LogP contribution in [0.2, 0.25) is 0 Å². The molecule has 4 nitrogen and oxygen atoms in total. The SMILES string of the molecule is Cc1cccc(N2CCN(CC(=O)NC3CCCCC3)CC2)c1C. The van der Waals surface area contributed by atoms with Crippen molar-refractivity contribution < 1.29 is 4.79 Å². The van der Waals surface area contributed by atoms with Crippen molar-refractivity contribution in [3.8, 4) is 0 Å². The second-order valence-electron chi connectivity index (χ2n) is 7.38. The molecule has 1 heterocycles. The lowest BCUT2D eigenvalue weighted by Crippen LogP contribution is -2.50. The molecule has 3 rings (SSSR count). The summed E-state index contributed by atoms with van der Waals surface area (Å²) < 4.78 is 0.